The first-order valence-corrected chi connectivity index (χ1v) is 9.98. The smallest absolute Gasteiger partial charge is 0.344 e. The minimum absolute atomic E-state index is 0.0900. The number of anilines is 2. The number of nitrogens with zero attached hydrogens (tertiary/aromatic N) is 4. The van der Waals surface area contributed by atoms with Crippen molar-refractivity contribution in [1.29, 1.82) is 0 Å². The number of nitro benzene ring substituents is 1. The highest BCUT2D eigenvalue weighted by atomic mass is 35.5. The molecule has 3 rings (SSSR count). The molecule has 0 atom stereocenters. The van der Waals surface area contributed by atoms with Crippen molar-refractivity contribution in [3.8, 4) is 0 Å². The molecule has 1 aromatic carbocycles. The normalized spacial score (nSPS) is 16.7. The Morgan fingerprint density at radius 1 is 1.23 bits per heavy atom. The average Bonchev–Trinajstić information content (AvgIpc) is 3.51. The predicted octanol–water partition coefficient (Wildman–Crippen LogP) is 2.47. The van der Waals surface area contributed by atoms with Crippen LogP contribution < -0.4 is 9.80 Å². The lowest BCUT2D eigenvalue weighted by Crippen LogP contribution is -2.45. The van der Waals surface area contributed by atoms with Crippen molar-refractivity contribution in [2.75, 3.05) is 43.0 Å². The number of nitro groups is 1. The maximum absolute atomic E-state index is 15.2. The summed E-state index contributed by atoms with van der Waals surface area (Å²) in [6.45, 7) is 3.74. The van der Waals surface area contributed by atoms with E-state index in [0.717, 1.165) is 6.20 Å². The third-order valence-electron chi connectivity index (χ3n) is 5.47. The largest absolute Gasteiger partial charge is 0.477 e. The van der Waals surface area contributed by atoms with Crippen molar-refractivity contribution in [3.63, 3.8) is 0 Å². The summed E-state index contributed by atoms with van der Waals surface area (Å²) in [6, 6.07) is -0.354. The molecule has 2 N–H and O–H groups in total. The molecule has 0 spiro atoms. The van der Waals surface area contributed by atoms with Crippen LogP contribution in [0.1, 0.15) is 18.4 Å². The number of rotatable bonds is 7. The van der Waals surface area contributed by atoms with E-state index in [2.05, 4.69) is 4.90 Å². The molecule has 31 heavy (non-hydrogen) atoms. The van der Waals surface area contributed by atoms with Crippen LogP contribution >= 0.6 is 11.6 Å². The summed E-state index contributed by atoms with van der Waals surface area (Å²) in [4.78, 5) is 38.9. The number of likely N-dealkylation sites (N-methyl/N-ethyl adjacent to an activating group) is 1. The minimum atomic E-state index is -1.69. The summed E-state index contributed by atoms with van der Waals surface area (Å²) in [5.74, 6) is -4.30. The molecule has 0 radical (unpaired) electrons. The van der Waals surface area contributed by atoms with Crippen LogP contribution in [0.15, 0.2) is 11.8 Å². The Balaban J connectivity index is 2.26. The van der Waals surface area contributed by atoms with E-state index in [4.69, 9.17) is 11.6 Å². The van der Waals surface area contributed by atoms with E-state index in [0.29, 0.717) is 39.0 Å². The molecule has 12 heteroatoms. The van der Waals surface area contributed by atoms with Crippen LogP contribution in [0.2, 0.25) is 5.02 Å². The topological polar surface area (TPSA) is 127 Å². The van der Waals surface area contributed by atoms with Crippen LogP contribution in [0.4, 0.5) is 21.5 Å². The van der Waals surface area contributed by atoms with Crippen LogP contribution in [0.5, 0.6) is 0 Å². The predicted molar refractivity (Wildman–Crippen MR) is 111 cm³/mol. The van der Waals surface area contributed by atoms with E-state index in [1.807, 2.05) is 7.05 Å². The maximum atomic E-state index is 15.2. The second-order valence-electron chi connectivity index (χ2n) is 7.64. The Morgan fingerprint density at radius 2 is 1.77 bits per heavy atom. The fourth-order valence-electron chi connectivity index (χ4n) is 3.70. The van der Waals surface area contributed by atoms with E-state index < -0.39 is 39.0 Å². The van der Waals surface area contributed by atoms with Gasteiger partial charge in [0.15, 0.2) is 16.4 Å². The van der Waals surface area contributed by atoms with Crippen molar-refractivity contribution >= 4 is 40.6 Å². The van der Waals surface area contributed by atoms with Gasteiger partial charge in [0.05, 0.1) is 10.6 Å². The van der Waals surface area contributed by atoms with Gasteiger partial charge in [-0.15, -0.1) is 0 Å². The summed E-state index contributed by atoms with van der Waals surface area (Å²) in [6.07, 6.45) is 2.00. The third-order valence-corrected chi connectivity index (χ3v) is 5.82. The lowest BCUT2D eigenvalue weighted by molar-refractivity contribution is -0.384. The number of carboxylic acid groups (broad SMARTS) is 2. The minimum Gasteiger partial charge on any atom is -0.477 e. The summed E-state index contributed by atoms with van der Waals surface area (Å²) in [5.41, 5.74) is -1.45. The quantitative estimate of drug-likeness (QED) is 0.209. The van der Waals surface area contributed by atoms with Gasteiger partial charge in [0.2, 0.25) is 0 Å². The van der Waals surface area contributed by atoms with Crippen molar-refractivity contribution in [1.82, 2.24) is 4.90 Å². The van der Waals surface area contributed by atoms with Crippen molar-refractivity contribution in [3.05, 3.63) is 38.3 Å². The summed E-state index contributed by atoms with van der Waals surface area (Å²) >= 11 is 6.12. The Labute approximate surface area is 182 Å². The Hall–Kier alpha value is -2.92. The second-order valence-corrected chi connectivity index (χ2v) is 8.02. The van der Waals surface area contributed by atoms with Gasteiger partial charge < -0.3 is 24.9 Å². The number of carboxylic acids is 2. The summed E-state index contributed by atoms with van der Waals surface area (Å²) in [5, 5.41) is 29.7. The van der Waals surface area contributed by atoms with E-state index >= 15 is 4.39 Å². The first-order chi connectivity index (χ1) is 14.5. The van der Waals surface area contributed by atoms with Crippen LogP contribution in [-0.2, 0) is 9.59 Å². The molecule has 1 aliphatic heterocycles. The molecule has 0 unspecified atom stereocenters. The monoisotopic (exact) mass is 456 g/mol. The number of carbonyl (C=O) groups is 2. The van der Waals surface area contributed by atoms with Crippen LogP contribution in [0.25, 0.3) is 0 Å². The fraction of sp³-hybridized carbons (Fsp3) is 0.474. The van der Waals surface area contributed by atoms with Gasteiger partial charge in [-0.2, -0.15) is 0 Å². The Bertz CT molecular complexity index is 957. The molecule has 0 amide bonds. The Morgan fingerprint density at radius 3 is 2.23 bits per heavy atom. The molecule has 1 aromatic rings. The molecule has 168 valence electrons. The van der Waals surface area contributed by atoms with Gasteiger partial charge in [-0.3, -0.25) is 10.1 Å². The van der Waals surface area contributed by atoms with E-state index in [-0.39, 0.29) is 23.0 Å². The first kappa shape index (κ1) is 22.8. The number of piperazine rings is 1. The molecule has 1 aliphatic carbocycles. The lowest BCUT2D eigenvalue weighted by Gasteiger charge is -2.36. The Kier molecular flexibility index (Phi) is 6.37. The molecule has 1 saturated heterocycles. The average molecular weight is 457 g/mol. The van der Waals surface area contributed by atoms with Gasteiger partial charge in [0, 0.05) is 44.0 Å². The van der Waals surface area contributed by atoms with Gasteiger partial charge in [0.1, 0.15) is 5.69 Å². The molecular weight excluding hydrogens is 435 g/mol. The van der Waals surface area contributed by atoms with Crippen LogP contribution in [0, 0.1) is 22.9 Å². The molecule has 0 aromatic heterocycles. The molecule has 1 heterocycles. The SMILES string of the molecule is Cc1c(N2CCN(C)CC2)c(F)c(Cl)c([N+](=O)[O-])c1N(C=C(C(=O)O)C(=O)O)C1CC1. The van der Waals surface area contributed by atoms with Crippen molar-refractivity contribution in [2.24, 2.45) is 0 Å². The standard InChI is InChI=1S/C19H22ClFN4O6/c1-10-15(23-7-5-22(2)6-8-23)14(21)13(20)17(25(30)31)16(10)24(11-3-4-11)9-12(18(26)27)19(28)29/h9,11H,3-8H2,1-2H3,(H,26,27)(H,28,29). The highest BCUT2D eigenvalue weighted by molar-refractivity contribution is 6.34. The first-order valence-electron chi connectivity index (χ1n) is 9.60. The maximum Gasteiger partial charge on any atom is 0.344 e. The number of benzene rings is 1. The van der Waals surface area contributed by atoms with Crippen LogP contribution in [-0.4, -0.2) is 71.2 Å². The molecule has 2 aliphatic rings. The lowest BCUT2D eigenvalue weighted by atomic mass is 10.1. The van der Waals surface area contributed by atoms with Crippen molar-refractivity contribution < 1.29 is 29.1 Å². The fourth-order valence-corrected chi connectivity index (χ4v) is 3.95. The molecule has 0 bridgehead atoms. The zero-order valence-electron chi connectivity index (χ0n) is 17.0. The molecule has 2 fully saturated rings. The number of halogens is 2. The van der Waals surface area contributed by atoms with Gasteiger partial charge in [-0.25, -0.2) is 14.0 Å². The van der Waals surface area contributed by atoms with Crippen molar-refractivity contribution in [2.45, 2.75) is 25.8 Å². The zero-order chi connectivity index (χ0) is 23.0. The zero-order valence-corrected chi connectivity index (χ0v) is 17.7. The van der Waals surface area contributed by atoms with Gasteiger partial charge >= 0.3 is 17.6 Å². The van der Waals surface area contributed by atoms with E-state index in [1.165, 1.54) is 11.8 Å². The van der Waals surface area contributed by atoms with Crippen LogP contribution in [0.3, 0.4) is 0 Å². The highest BCUT2D eigenvalue weighted by Gasteiger charge is 2.39. The van der Waals surface area contributed by atoms with Gasteiger partial charge in [-0.1, -0.05) is 11.6 Å². The second kappa shape index (κ2) is 8.67. The number of hydrogen-bond acceptors (Lipinski definition) is 7. The molecule has 10 nitrogen and oxygen atoms in total. The van der Waals surface area contributed by atoms with Gasteiger partial charge in [-0.05, 0) is 26.8 Å². The van der Waals surface area contributed by atoms with Gasteiger partial charge in [0.25, 0.3) is 0 Å². The summed E-state index contributed by atoms with van der Waals surface area (Å²) < 4.78 is 15.2. The molecular formula is C19H22ClFN4O6. The van der Waals surface area contributed by atoms with E-state index in [1.54, 1.807) is 4.90 Å². The molecule has 1 saturated carbocycles. The summed E-state index contributed by atoms with van der Waals surface area (Å²) in [7, 11) is 1.92. The number of hydrogen-bond donors (Lipinski definition) is 2. The van der Waals surface area contributed by atoms with E-state index in [9.17, 15) is 29.9 Å². The highest BCUT2D eigenvalue weighted by Crippen LogP contribution is 2.48. The third kappa shape index (κ3) is 4.42. The number of aliphatic carboxylic acids is 2.